The third-order valence-electron chi connectivity index (χ3n) is 1.74. The fourth-order valence-corrected chi connectivity index (χ4v) is 1.03. The van der Waals surface area contributed by atoms with E-state index in [4.69, 9.17) is 10.2 Å². The molecule has 0 fully saturated rings. The van der Waals surface area contributed by atoms with E-state index < -0.39 is 5.97 Å². The first-order valence-corrected chi connectivity index (χ1v) is 4.30. The molecule has 15 heavy (non-hydrogen) atoms. The van der Waals surface area contributed by atoms with Crippen molar-refractivity contribution in [1.82, 2.24) is 0 Å². The molecule has 0 heterocycles. The Bertz CT molecular complexity index is 387. The summed E-state index contributed by atoms with van der Waals surface area (Å²) in [5.41, 5.74) is 0.585. The lowest BCUT2D eigenvalue weighted by Gasteiger charge is -2.00. The molecule has 0 atom stereocenters. The number of nitrogens with zero attached hydrogens (tertiary/aromatic N) is 1. The Kier molecular flexibility index (Phi) is 3.68. The van der Waals surface area contributed by atoms with Crippen LogP contribution in [-0.4, -0.2) is 34.0 Å². The molecule has 5 heteroatoms. The molecule has 0 saturated heterocycles. The van der Waals surface area contributed by atoms with Gasteiger partial charge in [-0.1, -0.05) is 6.07 Å². The van der Waals surface area contributed by atoms with Crippen LogP contribution in [0.1, 0.15) is 5.56 Å². The normalized spacial score (nSPS) is 10.7. The number of phenolic OH excluding ortho intramolecular Hbond substituents is 2. The molecule has 0 bridgehead atoms. The number of rotatable bonds is 4. The van der Waals surface area contributed by atoms with E-state index in [1.54, 1.807) is 6.07 Å². The van der Waals surface area contributed by atoms with E-state index in [9.17, 15) is 9.90 Å². The predicted octanol–water partition coefficient (Wildman–Crippen LogP) is 0.796. The summed E-state index contributed by atoms with van der Waals surface area (Å²) >= 11 is 0. The Hall–Kier alpha value is -2.04. The molecular formula is C10H11NO4. The molecule has 3 N–H and O–H groups in total. The van der Waals surface area contributed by atoms with Gasteiger partial charge in [0.1, 0.15) is 18.0 Å². The molecule has 1 rings (SSSR count). The standard InChI is InChI=1S/C10H11NO4/c12-8-2-1-7(9(13)5-8)3-4-11-6-10(14)15/h1-2,4-5,12-13H,3,6H2,(H,14,15). The lowest BCUT2D eigenvalue weighted by atomic mass is 10.1. The zero-order valence-electron chi connectivity index (χ0n) is 7.92. The molecule has 0 spiro atoms. The average Bonchev–Trinajstić information content (AvgIpc) is 2.14. The molecule has 1 aromatic rings. The summed E-state index contributed by atoms with van der Waals surface area (Å²) in [6.07, 6.45) is 1.75. The second kappa shape index (κ2) is 4.99. The monoisotopic (exact) mass is 209 g/mol. The molecule has 0 aliphatic rings. The van der Waals surface area contributed by atoms with Crippen LogP contribution in [0, 0.1) is 0 Å². The second-order valence-corrected chi connectivity index (χ2v) is 2.93. The van der Waals surface area contributed by atoms with Gasteiger partial charge < -0.3 is 15.3 Å². The SMILES string of the molecule is O=C(O)CN=CCc1ccc(O)cc1O. The van der Waals surface area contributed by atoms with Crippen LogP contribution in [0.4, 0.5) is 0 Å². The van der Waals surface area contributed by atoms with Crippen LogP contribution in [0.2, 0.25) is 0 Å². The molecule has 5 nitrogen and oxygen atoms in total. The fourth-order valence-electron chi connectivity index (χ4n) is 1.03. The van der Waals surface area contributed by atoms with Crippen LogP contribution in [-0.2, 0) is 11.2 Å². The van der Waals surface area contributed by atoms with Gasteiger partial charge in [-0.05, 0) is 11.6 Å². The third kappa shape index (κ3) is 3.68. The summed E-state index contributed by atoms with van der Waals surface area (Å²) < 4.78 is 0. The topological polar surface area (TPSA) is 90.1 Å². The van der Waals surface area contributed by atoms with Crippen molar-refractivity contribution in [1.29, 1.82) is 0 Å². The number of aliphatic imine (C=N–C) groups is 1. The van der Waals surface area contributed by atoms with Gasteiger partial charge in [0.25, 0.3) is 0 Å². The van der Waals surface area contributed by atoms with Crippen molar-refractivity contribution >= 4 is 12.2 Å². The van der Waals surface area contributed by atoms with E-state index in [0.29, 0.717) is 12.0 Å². The van der Waals surface area contributed by atoms with Crippen LogP contribution < -0.4 is 0 Å². The Morgan fingerprint density at radius 2 is 2.13 bits per heavy atom. The van der Waals surface area contributed by atoms with Gasteiger partial charge in [-0.3, -0.25) is 9.79 Å². The lowest BCUT2D eigenvalue weighted by Crippen LogP contribution is -1.99. The molecular weight excluding hydrogens is 198 g/mol. The van der Waals surface area contributed by atoms with Gasteiger partial charge in [-0.2, -0.15) is 0 Å². The Morgan fingerprint density at radius 3 is 2.73 bits per heavy atom. The van der Waals surface area contributed by atoms with Crippen LogP contribution in [0.3, 0.4) is 0 Å². The number of hydrogen-bond donors (Lipinski definition) is 3. The molecule has 0 amide bonds. The lowest BCUT2D eigenvalue weighted by molar-refractivity contribution is -0.135. The minimum absolute atomic E-state index is 0.0151. The van der Waals surface area contributed by atoms with Crippen LogP contribution in [0.25, 0.3) is 0 Å². The minimum atomic E-state index is -0.999. The van der Waals surface area contributed by atoms with Gasteiger partial charge in [-0.15, -0.1) is 0 Å². The van der Waals surface area contributed by atoms with E-state index >= 15 is 0 Å². The van der Waals surface area contributed by atoms with Crippen molar-refractivity contribution in [2.45, 2.75) is 6.42 Å². The van der Waals surface area contributed by atoms with E-state index in [1.807, 2.05) is 0 Å². The predicted molar refractivity (Wildman–Crippen MR) is 54.5 cm³/mol. The van der Waals surface area contributed by atoms with E-state index in [1.165, 1.54) is 18.3 Å². The Balaban J connectivity index is 2.58. The highest BCUT2D eigenvalue weighted by molar-refractivity contribution is 5.72. The zero-order chi connectivity index (χ0) is 11.3. The molecule has 0 radical (unpaired) electrons. The molecule has 0 unspecified atom stereocenters. The fraction of sp³-hybridized carbons (Fsp3) is 0.200. The first kappa shape index (κ1) is 11.0. The molecule has 0 aliphatic carbocycles. The van der Waals surface area contributed by atoms with Gasteiger partial charge in [0.15, 0.2) is 0 Å². The number of aliphatic carboxylic acids is 1. The molecule has 1 aromatic carbocycles. The van der Waals surface area contributed by atoms with Gasteiger partial charge in [-0.25, -0.2) is 0 Å². The van der Waals surface area contributed by atoms with Gasteiger partial charge >= 0.3 is 5.97 Å². The second-order valence-electron chi connectivity index (χ2n) is 2.93. The number of phenols is 2. The largest absolute Gasteiger partial charge is 0.508 e. The number of benzene rings is 1. The van der Waals surface area contributed by atoms with E-state index in [2.05, 4.69) is 4.99 Å². The van der Waals surface area contributed by atoms with E-state index in [0.717, 1.165) is 0 Å². The first-order valence-electron chi connectivity index (χ1n) is 4.30. The molecule has 80 valence electrons. The van der Waals surface area contributed by atoms with Crippen molar-refractivity contribution in [2.24, 2.45) is 4.99 Å². The highest BCUT2D eigenvalue weighted by atomic mass is 16.4. The summed E-state index contributed by atoms with van der Waals surface area (Å²) in [7, 11) is 0. The summed E-state index contributed by atoms with van der Waals surface area (Å²) in [5, 5.41) is 26.7. The van der Waals surface area contributed by atoms with Crippen molar-refractivity contribution in [3.63, 3.8) is 0 Å². The highest BCUT2D eigenvalue weighted by Crippen LogP contribution is 2.22. The van der Waals surface area contributed by atoms with E-state index in [-0.39, 0.29) is 18.0 Å². The number of carboxylic acid groups (broad SMARTS) is 1. The van der Waals surface area contributed by atoms with Crippen molar-refractivity contribution in [3.05, 3.63) is 23.8 Å². The van der Waals surface area contributed by atoms with Gasteiger partial charge in [0.05, 0.1) is 0 Å². The van der Waals surface area contributed by atoms with Crippen molar-refractivity contribution in [2.75, 3.05) is 6.54 Å². The molecule has 0 aliphatic heterocycles. The van der Waals surface area contributed by atoms with Crippen LogP contribution in [0.15, 0.2) is 23.2 Å². The molecule has 0 saturated carbocycles. The minimum Gasteiger partial charge on any atom is -0.508 e. The summed E-state index contributed by atoms with van der Waals surface area (Å²) in [6, 6.07) is 4.22. The highest BCUT2D eigenvalue weighted by Gasteiger charge is 2.00. The number of carbonyl (C=O) groups is 1. The smallest absolute Gasteiger partial charge is 0.325 e. The quantitative estimate of drug-likeness (QED) is 0.639. The maximum Gasteiger partial charge on any atom is 0.325 e. The van der Waals surface area contributed by atoms with Gasteiger partial charge in [0, 0.05) is 18.7 Å². The van der Waals surface area contributed by atoms with Crippen LogP contribution in [0.5, 0.6) is 11.5 Å². The maximum absolute atomic E-state index is 10.1. The number of aromatic hydroxyl groups is 2. The summed E-state index contributed by atoms with van der Waals surface area (Å²) in [4.78, 5) is 13.8. The number of hydrogen-bond acceptors (Lipinski definition) is 4. The van der Waals surface area contributed by atoms with Gasteiger partial charge in [0.2, 0.25) is 0 Å². The van der Waals surface area contributed by atoms with Crippen molar-refractivity contribution in [3.8, 4) is 11.5 Å². The zero-order valence-corrected chi connectivity index (χ0v) is 7.92. The van der Waals surface area contributed by atoms with Crippen molar-refractivity contribution < 1.29 is 20.1 Å². The summed E-state index contributed by atoms with van der Waals surface area (Å²) in [6.45, 7) is -0.279. The Morgan fingerprint density at radius 1 is 1.40 bits per heavy atom. The number of carboxylic acids is 1. The van der Waals surface area contributed by atoms with Crippen LogP contribution >= 0.6 is 0 Å². The summed E-state index contributed by atoms with van der Waals surface area (Å²) in [5.74, 6) is -1.04. The third-order valence-corrected chi connectivity index (χ3v) is 1.74. The maximum atomic E-state index is 10.1. The first-order chi connectivity index (χ1) is 7.09. The average molecular weight is 209 g/mol. The molecule has 0 aromatic heterocycles. The Labute approximate surface area is 86.3 Å².